The van der Waals surface area contributed by atoms with Gasteiger partial charge in [0.15, 0.2) is 0 Å². The Morgan fingerprint density at radius 3 is 2.54 bits per heavy atom. The van der Waals surface area contributed by atoms with E-state index in [2.05, 4.69) is 21.3 Å². The number of amides is 1. The fraction of sp³-hybridized carbons (Fsp3) is 0.368. The van der Waals surface area contributed by atoms with E-state index in [0.29, 0.717) is 6.54 Å². The van der Waals surface area contributed by atoms with Crippen molar-refractivity contribution in [3.63, 3.8) is 0 Å². The molecule has 1 unspecified atom stereocenters. The summed E-state index contributed by atoms with van der Waals surface area (Å²) in [6, 6.07) is 13.4. The second-order valence-corrected chi connectivity index (χ2v) is 6.21. The van der Waals surface area contributed by atoms with Crippen LogP contribution < -0.4 is 16.0 Å². The molecule has 1 aliphatic heterocycles. The molecule has 1 aliphatic rings. The molecular formula is C19H26Cl2N4O. The van der Waals surface area contributed by atoms with Crippen LogP contribution in [0.5, 0.6) is 0 Å². The number of pyridine rings is 1. The Morgan fingerprint density at radius 2 is 1.85 bits per heavy atom. The van der Waals surface area contributed by atoms with Crippen molar-refractivity contribution in [1.29, 1.82) is 0 Å². The van der Waals surface area contributed by atoms with Crippen LogP contribution in [0, 0.1) is 0 Å². The maximum atomic E-state index is 12.1. The third-order valence-corrected chi connectivity index (χ3v) is 4.36. The van der Waals surface area contributed by atoms with Gasteiger partial charge in [0.25, 0.3) is 0 Å². The van der Waals surface area contributed by atoms with E-state index in [4.69, 9.17) is 5.73 Å². The standard InChI is InChI=1S/C19H24N4O.2ClH/c20-17(16-6-2-1-3-7-16)13-19(24)22-14-15-8-9-21-18(12-15)23-10-4-5-11-23;;/h1-3,6-9,12,17H,4-5,10-11,13-14,20H2,(H,22,24);2*1H. The molecule has 0 bridgehead atoms. The molecule has 5 nitrogen and oxygen atoms in total. The van der Waals surface area contributed by atoms with Gasteiger partial charge in [-0.3, -0.25) is 4.79 Å². The van der Waals surface area contributed by atoms with Crippen molar-refractivity contribution in [2.45, 2.75) is 31.8 Å². The number of aromatic nitrogens is 1. The number of anilines is 1. The number of nitrogens with zero attached hydrogens (tertiary/aromatic N) is 2. The van der Waals surface area contributed by atoms with Crippen LogP contribution in [0.25, 0.3) is 0 Å². The molecule has 2 aromatic rings. The second-order valence-electron chi connectivity index (χ2n) is 6.21. The van der Waals surface area contributed by atoms with Gasteiger partial charge in [-0.05, 0) is 36.1 Å². The first-order valence-corrected chi connectivity index (χ1v) is 8.49. The number of hydrogen-bond acceptors (Lipinski definition) is 4. The molecule has 2 heterocycles. The number of nitrogens with one attached hydrogen (secondary N) is 1. The first-order chi connectivity index (χ1) is 11.7. The van der Waals surface area contributed by atoms with Gasteiger partial charge in [0.1, 0.15) is 5.82 Å². The molecule has 1 aromatic carbocycles. The van der Waals surface area contributed by atoms with Gasteiger partial charge in [-0.1, -0.05) is 30.3 Å². The summed E-state index contributed by atoms with van der Waals surface area (Å²) in [6.45, 7) is 2.63. The van der Waals surface area contributed by atoms with Crippen LogP contribution in [0.1, 0.15) is 36.4 Å². The van der Waals surface area contributed by atoms with Gasteiger partial charge >= 0.3 is 0 Å². The first kappa shape index (κ1) is 22.2. The molecule has 0 radical (unpaired) electrons. The van der Waals surface area contributed by atoms with E-state index in [-0.39, 0.29) is 43.2 Å². The second kappa shape index (κ2) is 11.0. The van der Waals surface area contributed by atoms with Crippen molar-refractivity contribution < 1.29 is 4.79 Å². The van der Waals surface area contributed by atoms with Gasteiger partial charge in [-0.2, -0.15) is 0 Å². The summed E-state index contributed by atoms with van der Waals surface area (Å²) in [4.78, 5) is 18.8. The van der Waals surface area contributed by atoms with Gasteiger partial charge in [0, 0.05) is 38.3 Å². The molecule has 3 N–H and O–H groups in total. The Labute approximate surface area is 167 Å². The predicted octanol–water partition coefficient (Wildman–Crippen LogP) is 3.23. The Morgan fingerprint density at radius 1 is 1.15 bits per heavy atom. The minimum absolute atomic E-state index is 0. The maximum Gasteiger partial charge on any atom is 0.222 e. The molecule has 1 saturated heterocycles. The van der Waals surface area contributed by atoms with Crippen molar-refractivity contribution >= 4 is 36.5 Å². The normalized spacial score (nSPS) is 14.1. The minimum atomic E-state index is -0.274. The van der Waals surface area contributed by atoms with Crippen LogP contribution in [0.4, 0.5) is 5.82 Å². The monoisotopic (exact) mass is 396 g/mol. The maximum absolute atomic E-state index is 12.1. The van der Waals surface area contributed by atoms with Gasteiger partial charge in [-0.25, -0.2) is 4.98 Å². The molecule has 1 amide bonds. The van der Waals surface area contributed by atoms with Gasteiger partial charge in [0.05, 0.1) is 0 Å². The van der Waals surface area contributed by atoms with Crippen LogP contribution in [0.15, 0.2) is 48.7 Å². The van der Waals surface area contributed by atoms with E-state index in [0.717, 1.165) is 30.0 Å². The molecule has 1 aromatic heterocycles. The zero-order chi connectivity index (χ0) is 16.8. The van der Waals surface area contributed by atoms with E-state index < -0.39 is 0 Å². The quantitative estimate of drug-likeness (QED) is 0.785. The fourth-order valence-corrected chi connectivity index (χ4v) is 2.98. The van der Waals surface area contributed by atoms with Crippen LogP contribution in [-0.2, 0) is 11.3 Å². The number of halogens is 2. The van der Waals surface area contributed by atoms with Crippen LogP contribution in [0.3, 0.4) is 0 Å². The van der Waals surface area contributed by atoms with Crippen molar-refractivity contribution in [2.24, 2.45) is 5.73 Å². The summed E-state index contributed by atoms with van der Waals surface area (Å²) in [5.74, 6) is 0.964. The third kappa shape index (κ3) is 6.16. The molecule has 3 rings (SSSR count). The summed E-state index contributed by atoms with van der Waals surface area (Å²) in [5, 5.41) is 2.95. The fourth-order valence-electron chi connectivity index (χ4n) is 2.98. The largest absolute Gasteiger partial charge is 0.357 e. The van der Waals surface area contributed by atoms with E-state index in [9.17, 15) is 4.79 Å². The van der Waals surface area contributed by atoms with Crippen LogP contribution >= 0.6 is 24.8 Å². The van der Waals surface area contributed by atoms with Gasteiger partial charge < -0.3 is 16.0 Å². The lowest BCUT2D eigenvalue weighted by Crippen LogP contribution is -2.27. The van der Waals surface area contributed by atoms with Crippen LogP contribution in [0.2, 0.25) is 0 Å². The first-order valence-electron chi connectivity index (χ1n) is 8.49. The summed E-state index contributed by atoms with van der Waals surface area (Å²) in [5.41, 5.74) is 8.14. The molecule has 0 aliphatic carbocycles. The van der Waals surface area contributed by atoms with Crippen molar-refractivity contribution in [3.05, 3.63) is 59.8 Å². The number of hydrogen-bond donors (Lipinski definition) is 2. The molecule has 1 fully saturated rings. The summed E-state index contributed by atoms with van der Waals surface area (Å²) in [6.07, 6.45) is 4.54. The van der Waals surface area contributed by atoms with Gasteiger partial charge in [-0.15, -0.1) is 24.8 Å². The summed E-state index contributed by atoms with van der Waals surface area (Å²) < 4.78 is 0. The van der Waals surface area contributed by atoms with Crippen molar-refractivity contribution in [3.8, 4) is 0 Å². The lowest BCUT2D eigenvalue weighted by Gasteiger charge is -2.17. The molecule has 142 valence electrons. The third-order valence-electron chi connectivity index (χ3n) is 4.36. The molecular weight excluding hydrogens is 371 g/mol. The number of benzene rings is 1. The zero-order valence-corrected chi connectivity index (χ0v) is 16.3. The highest BCUT2D eigenvalue weighted by atomic mass is 35.5. The smallest absolute Gasteiger partial charge is 0.222 e. The van der Waals surface area contributed by atoms with Crippen molar-refractivity contribution in [2.75, 3.05) is 18.0 Å². The average Bonchev–Trinajstić information content (AvgIpc) is 3.16. The van der Waals surface area contributed by atoms with E-state index in [1.54, 1.807) is 0 Å². The number of carbonyl (C=O) groups excluding carboxylic acids is 1. The Bertz CT molecular complexity index is 678. The van der Waals surface area contributed by atoms with Crippen LogP contribution in [-0.4, -0.2) is 24.0 Å². The molecule has 7 heteroatoms. The zero-order valence-electron chi connectivity index (χ0n) is 14.6. The lowest BCUT2D eigenvalue weighted by atomic mass is 10.0. The predicted molar refractivity (Wildman–Crippen MR) is 110 cm³/mol. The molecule has 26 heavy (non-hydrogen) atoms. The molecule has 0 spiro atoms. The molecule has 0 saturated carbocycles. The number of carbonyl (C=O) groups is 1. The summed E-state index contributed by atoms with van der Waals surface area (Å²) >= 11 is 0. The highest BCUT2D eigenvalue weighted by molar-refractivity contribution is 5.85. The molecule has 1 atom stereocenters. The lowest BCUT2D eigenvalue weighted by molar-refractivity contribution is -0.121. The van der Waals surface area contributed by atoms with Crippen molar-refractivity contribution in [1.82, 2.24) is 10.3 Å². The van der Waals surface area contributed by atoms with E-state index in [1.807, 2.05) is 42.6 Å². The Balaban J connectivity index is 0.00000169. The van der Waals surface area contributed by atoms with E-state index in [1.165, 1.54) is 12.8 Å². The topological polar surface area (TPSA) is 71.2 Å². The summed E-state index contributed by atoms with van der Waals surface area (Å²) in [7, 11) is 0. The van der Waals surface area contributed by atoms with Gasteiger partial charge in [0.2, 0.25) is 5.91 Å². The minimum Gasteiger partial charge on any atom is -0.357 e. The SMILES string of the molecule is Cl.Cl.NC(CC(=O)NCc1ccnc(N2CCCC2)c1)c1ccccc1. The highest BCUT2D eigenvalue weighted by Crippen LogP contribution is 2.18. The van der Waals surface area contributed by atoms with E-state index >= 15 is 0 Å². The average molecular weight is 397 g/mol. The highest BCUT2D eigenvalue weighted by Gasteiger charge is 2.14. The number of rotatable bonds is 6. The Hall–Kier alpha value is -1.82. The Kier molecular flexibility index (Phi) is 9.41. The number of nitrogens with two attached hydrogens (primary N) is 1.